The van der Waals surface area contributed by atoms with Crippen LogP contribution in [0.25, 0.3) is 11.0 Å². The predicted octanol–water partition coefficient (Wildman–Crippen LogP) is 2.78. The second-order valence-corrected chi connectivity index (χ2v) is 3.11. The number of fused-ring (bicyclic) bond motifs is 1. The van der Waals surface area contributed by atoms with E-state index in [2.05, 4.69) is 16.9 Å². The molecule has 3 heteroatoms. The van der Waals surface area contributed by atoms with Gasteiger partial charge in [0.15, 0.2) is 0 Å². The van der Waals surface area contributed by atoms with Crippen molar-refractivity contribution in [1.82, 2.24) is 9.97 Å². The minimum Gasteiger partial charge on any atom is -0.356 e. The fourth-order valence-electron chi connectivity index (χ4n) is 1.24. The highest BCUT2D eigenvalue weighted by Gasteiger charge is 2.02. The van der Waals surface area contributed by atoms with E-state index in [-0.39, 0.29) is 0 Å². The monoisotopic (exact) mass is 180 g/mol. The summed E-state index contributed by atoms with van der Waals surface area (Å²) in [6, 6.07) is 3.82. The van der Waals surface area contributed by atoms with E-state index >= 15 is 0 Å². The molecule has 0 aliphatic carbocycles. The molecule has 0 bridgehead atoms. The number of halogens is 1. The van der Waals surface area contributed by atoms with Gasteiger partial charge in [-0.1, -0.05) is 18.5 Å². The summed E-state index contributed by atoms with van der Waals surface area (Å²) in [6.45, 7) is 2.10. The molecule has 62 valence electrons. The molecule has 0 saturated carbocycles. The second-order valence-electron chi connectivity index (χ2n) is 2.70. The number of H-pyrrole nitrogens is 1. The first-order valence-corrected chi connectivity index (χ1v) is 4.31. The number of aromatic nitrogens is 2. The Hall–Kier alpha value is -1.02. The number of nitrogens with zero attached hydrogens (tertiary/aromatic N) is 1. The van der Waals surface area contributed by atoms with Crippen molar-refractivity contribution in [1.29, 1.82) is 0 Å². The third-order valence-corrected chi connectivity index (χ3v) is 2.22. The molecule has 2 aromatic heterocycles. The molecular weight excluding hydrogens is 172 g/mol. The number of aryl methyl sites for hydroxylation is 1. The van der Waals surface area contributed by atoms with Crippen molar-refractivity contribution in [3.05, 3.63) is 29.0 Å². The zero-order valence-electron chi connectivity index (χ0n) is 6.76. The third-order valence-electron chi connectivity index (χ3n) is 1.91. The fourth-order valence-corrected chi connectivity index (χ4v) is 1.44. The lowest BCUT2D eigenvalue weighted by Crippen LogP contribution is -1.76. The van der Waals surface area contributed by atoms with E-state index in [0.717, 1.165) is 22.5 Å². The summed E-state index contributed by atoms with van der Waals surface area (Å²) in [5.74, 6) is 0. The van der Waals surface area contributed by atoms with Crippen LogP contribution >= 0.6 is 11.6 Å². The Labute approximate surface area is 75.6 Å². The molecule has 2 heterocycles. The molecule has 0 unspecified atom stereocenters. The number of hydrogen-bond donors (Lipinski definition) is 1. The van der Waals surface area contributed by atoms with Gasteiger partial charge in [-0.3, -0.25) is 4.98 Å². The Morgan fingerprint density at radius 2 is 2.42 bits per heavy atom. The van der Waals surface area contributed by atoms with Crippen molar-refractivity contribution in [2.75, 3.05) is 0 Å². The van der Waals surface area contributed by atoms with Gasteiger partial charge in [-0.25, -0.2) is 0 Å². The van der Waals surface area contributed by atoms with E-state index in [1.165, 1.54) is 5.69 Å². The molecule has 0 saturated heterocycles. The summed E-state index contributed by atoms with van der Waals surface area (Å²) in [6.07, 6.45) is 2.70. The number of rotatable bonds is 1. The molecule has 0 atom stereocenters. The molecule has 12 heavy (non-hydrogen) atoms. The van der Waals surface area contributed by atoms with Gasteiger partial charge in [0, 0.05) is 11.9 Å². The zero-order chi connectivity index (χ0) is 8.55. The van der Waals surface area contributed by atoms with Gasteiger partial charge >= 0.3 is 0 Å². The molecule has 2 rings (SSSR count). The maximum Gasteiger partial charge on any atom is 0.0897 e. The standard InChI is InChI=1S/C9H9ClN2/c1-2-6-5-8-9(12-6)7(10)3-4-11-8/h3-5,12H,2H2,1H3. The summed E-state index contributed by atoms with van der Waals surface area (Å²) in [5.41, 5.74) is 3.06. The lowest BCUT2D eigenvalue weighted by Gasteiger charge is -1.90. The summed E-state index contributed by atoms with van der Waals surface area (Å²) >= 11 is 5.96. The molecule has 1 N–H and O–H groups in total. The predicted molar refractivity (Wildman–Crippen MR) is 50.5 cm³/mol. The van der Waals surface area contributed by atoms with E-state index in [4.69, 9.17) is 11.6 Å². The molecular formula is C9H9ClN2. The number of hydrogen-bond acceptors (Lipinski definition) is 1. The maximum atomic E-state index is 5.96. The van der Waals surface area contributed by atoms with Crippen LogP contribution in [0.15, 0.2) is 18.3 Å². The summed E-state index contributed by atoms with van der Waals surface area (Å²) < 4.78 is 0. The van der Waals surface area contributed by atoms with E-state index in [1.807, 2.05) is 6.07 Å². The van der Waals surface area contributed by atoms with Crippen LogP contribution in [0, 0.1) is 0 Å². The van der Waals surface area contributed by atoms with Crippen molar-refractivity contribution in [2.45, 2.75) is 13.3 Å². The van der Waals surface area contributed by atoms with Crippen molar-refractivity contribution >= 4 is 22.6 Å². The molecule has 0 amide bonds. The number of aromatic amines is 1. The van der Waals surface area contributed by atoms with Crippen molar-refractivity contribution < 1.29 is 0 Å². The zero-order valence-corrected chi connectivity index (χ0v) is 7.52. The Bertz CT molecular complexity index is 406. The second kappa shape index (κ2) is 2.79. The largest absolute Gasteiger partial charge is 0.356 e. The molecule has 0 aliphatic rings. The molecule has 0 aromatic carbocycles. The normalized spacial score (nSPS) is 10.8. The van der Waals surface area contributed by atoms with Crippen LogP contribution in [0.2, 0.25) is 5.02 Å². The topological polar surface area (TPSA) is 28.7 Å². The van der Waals surface area contributed by atoms with Crippen LogP contribution in [0.3, 0.4) is 0 Å². The van der Waals surface area contributed by atoms with Crippen LogP contribution in [-0.4, -0.2) is 9.97 Å². The highest BCUT2D eigenvalue weighted by atomic mass is 35.5. The van der Waals surface area contributed by atoms with Crippen LogP contribution in [0.1, 0.15) is 12.6 Å². The number of pyridine rings is 1. The summed E-state index contributed by atoms with van der Waals surface area (Å²) in [5, 5.41) is 0.736. The fraction of sp³-hybridized carbons (Fsp3) is 0.222. The van der Waals surface area contributed by atoms with Gasteiger partial charge in [0.05, 0.1) is 16.1 Å². The van der Waals surface area contributed by atoms with Crippen LogP contribution in [0.5, 0.6) is 0 Å². The molecule has 0 radical (unpaired) electrons. The lowest BCUT2D eigenvalue weighted by atomic mass is 10.3. The van der Waals surface area contributed by atoms with Crippen molar-refractivity contribution in [2.24, 2.45) is 0 Å². The molecule has 2 aromatic rings. The molecule has 0 aliphatic heterocycles. The van der Waals surface area contributed by atoms with Gasteiger partial charge in [0.2, 0.25) is 0 Å². The van der Waals surface area contributed by atoms with E-state index in [1.54, 1.807) is 12.3 Å². The Morgan fingerprint density at radius 1 is 1.58 bits per heavy atom. The first-order chi connectivity index (χ1) is 5.81. The summed E-state index contributed by atoms with van der Waals surface area (Å²) in [4.78, 5) is 7.41. The van der Waals surface area contributed by atoms with Crippen molar-refractivity contribution in [3.63, 3.8) is 0 Å². The molecule has 0 fully saturated rings. The van der Waals surface area contributed by atoms with Crippen LogP contribution < -0.4 is 0 Å². The molecule has 0 spiro atoms. The van der Waals surface area contributed by atoms with E-state index < -0.39 is 0 Å². The van der Waals surface area contributed by atoms with Gasteiger partial charge in [0.25, 0.3) is 0 Å². The van der Waals surface area contributed by atoms with Crippen LogP contribution in [0.4, 0.5) is 0 Å². The minimum atomic E-state index is 0.736. The smallest absolute Gasteiger partial charge is 0.0897 e. The Morgan fingerprint density at radius 3 is 3.08 bits per heavy atom. The third kappa shape index (κ3) is 1.08. The molecule has 2 nitrogen and oxygen atoms in total. The number of nitrogens with one attached hydrogen (secondary N) is 1. The Kier molecular flexibility index (Phi) is 1.77. The average molecular weight is 181 g/mol. The van der Waals surface area contributed by atoms with Gasteiger partial charge in [-0.15, -0.1) is 0 Å². The van der Waals surface area contributed by atoms with Gasteiger partial charge in [-0.2, -0.15) is 0 Å². The first kappa shape index (κ1) is 7.62. The maximum absolute atomic E-state index is 5.96. The summed E-state index contributed by atoms with van der Waals surface area (Å²) in [7, 11) is 0. The van der Waals surface area contributed by atoms with Crippen LogP contribution in [-0.2, 0) is 6.42 Å². The Balaban J connectivity index is 2.74. The highest BCUT2D eigenvalue weighted by molar-refractivity contribution is 6.34. The van der Waals surface area contributed by atoms with Gasteiger partial charge in [0.1, 0.15) is 0 Å². The van der Waals surface area contributed by atoms with Gasteiger partial charge in [-0.05, 0) is 18.6 Å². The highest BCUT2D eigenvalue weighted by Crippen LogP contribution is 2.21. The average Bonchev–Trinajstić information content (AvgIpc) is 2.49. The SMILES string of the molecule is CCc1cc2nccc(Cl)c2[nH]1. The van der Waals surface area contributed by atoms with E-state index in [0.29, 0.717) is 0 Å². The van der Waals surface area contributed by atoms with Gasteiger partial charge < -0.3 is 4.98 Å². The van der Waals surface area contributed by atoms with Crippen molar-refractivity contribution in [3.8, 4) is 0 Å². The first-order valence-electron chi connectivity index (χ1n) is 3.93. The quantitative estimate of drug-likeness (QED) is 0.719. The lowest BCUT2D eigenvalue weighted by molar-refractivity contribution is 1.07. The van der Waals surface area contributed by atoms with E-state index in [9.17, 15) is 0 Å². The minimum absolute atomic E-state index is 0.736.